The van der Waals surface area contributed by atoms with Crippen molar-refractivity contribution in [3.05, 3.63) is 16.0 Å². The van der Waals surface area contributed by atoms with Crippen molar-refractivity contribution in [3.63, 3.8) is 0 Å². The summed E-state index contributed by atoms with van der Waals surface area (Å²) in [7, 11) is 0. The largest absolute Gasteiger partial charge is 0.462 e. The zero-order valence-corrected chi connectivity index (χ0v) is 19.3. The van der Waals surface area contributed by atoms with Gasteiger partial charge in [-0.3, -0.25) is 24.1 Å². The maximum Gasteiger partial charge on any atom is 0.341 e. The van der Waals surface area contributed by atoms with E-state index in [2.05, 4.69) is 5.32 Å². The third kappa shape index (κ3) is 4.85. The highest BCUT2D eigenvalue weighted by molar-refractivity contribution is 7.16. The summed E-state index contributed by atoms with van der Waals surface area (Å²) in [6.45, 7) is 4.57. The molecule has 0 radical (unpaired) electrons. The molecule has 1 N–H and O–H groups in total. The number of esters is 2. The van der Waals surface area contributed by atoms with Gasteiger partial charge in [-0.1, -0.05) is 19.8 Å². The number of hydrogen-bond donors (Lipinski definition) is 1. The lowest BCUT2D eigenvalue weighted by Crippen LogP contribution is -2.37. The Bertz CT molecular complexity index is 915. The van der Waals surface area contributed by atoms with Crippen LogP contribution in [0.4, 0.5) is 5.00 Å². The Morgan fingerprint density at radius 2 is 1.69 bits per heavy atom. The predicted octanol–water partition coefficient (Wildman–Crippen LogP) is 2.45. The minimum Gasteiger partial charge on any atom is -0.462 e. The molecule has 0 aromatic carbocycles. The molecular formula is C22H28N2O7S. The van der Waals surface area contributed by atoms with Gasteiger partial charge in [0.2, 0.25) is 11.8 Å². The number of rotatable bonds is 8. The highest BCUT2D eigenvalue weighted by atomic mass is 32.1. The molecule has 9 nitrogen and oxygen atoms in total. The first kappa shape index (κ1) is 23.9. The first-order valence-corrected chi connectivity index (χ1v) is 11.7. The average molecular weight is 465 g/mol. The van der Waals surface area contributed by atoms with Crippen molar-refractivity contribution in [2.45, 2.75) is 52.9 Å². The van der Waals surface area contributed by atoms with Gasteiger partial charge in [-0.15, -0.1) is 11.3 Å². The molecule has 1 saturated carbocycles. The minimum atomic E-state index is -0.831. The van der Waals surface area contributed by atoms with Gasteiger partial charge in [0, 0.05) is 4.88 Å². The van der Waals surface area contributed by atoms with E-state index in [1.807, 2.05) is 13.8 Å². The highest BCUT2D eigenvalue weighted by Gasteiger charge is 2.48. The van der Waals surface area contributed by atoms with Gasteiger partial charge in [-0.2, -0.15) is 0 Å². The van der Waals surface area contributed by atoms with Gasteiger partial charge in [0.05, 0.1) is 24.0 Å². The lowest BCUT2D eigenvalue weighted by molar-refractivity contribution is -0.154. The number of ether oxygens (including phenoxy) is 2. The number of hydrogen-bond acceptors (Lipinski definition) is 8. The van der Waals surface area contributed by atoms with E-state index in [4.69, 9.17) is 9.47 Å². The SMILES string of the molecule is CCOC(=O)c1c(NC(=O)COC(=O)CN2C(=O)C3CCCCC3C2=O)sc(C)c1CC. The van der Waals surface area contributed by atoms with E-state index in [1.54, 1.807) is 6.92 Å². The second-order valence-corrected chi connectivity index (χ2v) is 9.11. The van der Waals surface area contributed by atoms with Gasteiger partial charge in [0.25, 0.3) is 5.91 Å². The summed E-state index contributed by atoms with van der Waals surface area (Å²) in [5.74, 6) is -3.33. The number of likely N-dealkylation sites (tertiary alicyclic amines) is 1. The maximum atomic E-state index is 12.5. The van der Waals surface area contributed by atoms with E-state index in [9.17, 15) is 24.0 Å². The van der Waals surface area contributed by atoms with Crippen LogP contribution in [0.15, 0.2) is 0 Å². The molecule has 1 aromatic rings. The number of amides is 3. The number of aryl methyl sites for hydroxylation is 1. The average Bonchev–Trinajstić information content (AvgIpc) is 3.21. The number of nitrogens with one attached hydrogen (secondary N) is 1. The molecule has 2 aliphatic rings. The summed E-state index contributed by atoms with van der Waals surface area (Å²) in [5.41, 5.74) is 1.11. The first-order chi connectivity index (χ1) is 15.3. The van der Waals surface area contributed by atoms with Crippen LogP contribution in [-0.4, -0.2) is 54.3 Å². The van der Waals surface area contributed by atoms with Crippen LogP contribution in [0.5, 0.6) is 0 Å². The fourth-order valence-electron chi connectivity index (χ4n) is 4.38. The lowest BCUT2D eigenvalue weighted by atomic mass is 9.81. The Labute approximate surface area is 190 Å². The van der Waals surface area contributed by atoms with Crippen molar-refractivity contribution < 1.29 is 33.4 Å². The molecule has 3 amide bonds. The molecule has 0 bridgehead atoms. The normalized spacial score (nSPS) is 20.2. The van der Waals surface area contributed by atoms with Gasteiger partial charge < -0.3 is 14.8 Å². The van der Waals surface area contributed by atoms with E-state index < -0.39 is 31.0 Å². The van der Waals surface area contributed by atoms with Crippen LogP contribution < -0.4 is 5.32 Å². The number of imide groups is 1. The number of carbonyl (C=O) groups excluding carboxylic acids is 5. The second kappa shape index (κ2) is 10.2. The van der Waals surface area contributed by atoms with Gasteiger partial charge in [-0.05, 0) is 38.7 Å². The quantitative estimate of drug-likeness (QED) is 0.464. The molecule has 3 rings (SSSR count). The van der Waals surface area contributed by atoms with E-state index >= 15 is 0 Å². The molecule has 1 aromatic heterocycles. The van der Waals surface area contributed by atoms with Crippen LogP contribution >= 0.6 is 11.3 Å². The van der Waals surface area contributed by atoms with Crippen molar-refractivity contribution >= 4 is 46.0 Å². The topological polar surface area (TPSA) is 119 Å². The Morgan fingerprint density at radius 1 is 1.06 bits per heavy atom. The highest BCUT2D eigenvalue weighted by Crippen LogP contribution is 2.38. The Balaban J connectivity index is 1.57. The third-order valence-electron chi connectivity index (χ3n) is 5.88. The minimum absolute atomic E-state index is 0.206. The molecule has 1 aliphatic carbocycles. The molecule has 2 fully saturated rings. The monoisotopic (exact) mass is 464 g/mol. The molecule has 0 spiro atoms. The van der Waals surface area contributed by atoms with Crippen molar-refractivity contribution in [2.24, 2.45) is 11.8 Å². The number of anilines is 1. The van der Waals surface area contributed by atoms with E-state index in [0.717, 1.165) is 28.2 Å². The van der Waals surface area contributed by atoms with Crippen LogP contribution in [0.2, 0.25) is 0 Å². The van der Waals surface area contributed by atoms with Crippen molar-refractivity contribution in [1.82, 2.24) is 4.90 Å². The zero-order chi connectivity index (χ0) is 23.4. The standard InChI is InChI=1S/C22H28N2O7S/c1-4-13-12(3)32-19(18(13)22(29)30-5-2)23-16(25)11-31-17(26)10-24-20(27)14-8-6-7-9-15(14)21(24)28/h14-15H,4-11H2,1-3H3,(H,23,25). The lowest BCUT2D eigenvalue weighted by Gasteiger charge is -2.19. The third-order valence-corrected chi connectivity index (χ3v) is 6.94. The van der Waals surface area contributed by atoms with Crippen LogP contribution in [0.1, 0.15) is 60.3 Å². The van der Waals surface area contributed by atoms with Crippen molar-refractivity contribution in [2.75, 3.05) is 25.1 Å². The summed E-state index contributed by atoms with van der Waals surface area (Å²) >= 11 is 1.25. The van der Waals surface area contributed by atoms with E-state index in [0.29, 0.717) is 29.8 Å². The van der Waals surface area contributed by atoms with Crippen LogP contribution in [-0.2, 0) is 35.1 Å². The molecule has 1 saturated heterocycles. The molecule has 32 heavy (non-hydrogen) atoms. The maximum absolute atomic E-state index is 12.5. The smallest absolute Gasteiger partial charge is 0.341 e. The molecule has 2 unspecified atom stereocenters. The number of nitrogens with zero attached hydrogens (tertiary/aromatic N) is 1. The summed E-state index contributed by atoms with van der Waals surface area (Å²) in [5, 5.41) is 2.95. The van der Waals surface area contributed by atoms with Crippen LogP contribution in [0.3, 0.4) is 0 Å². The van der Waals surface area contributed by atoms with E-state index in [1.165, 1.54) is 11.3 Å². The zero-order valence-electron chi connectivity index (χ0n) is 18.5. The predicted molar refractivity (Wildman–Crippen MR) is 116 cm³/mol. The summed E-state index contributed by atoms with van der Waals surface area (Å²) in [6.07, 6.45) is 3.71. The molecule has 10 heteroatoms. The molecular weight excluding hydrogens is 436 g/mol. The molecule has 2 atom stereocenters. The van der Waals surface area contributed by atoms with Gasteiger partial charge in [0.1, 0.15) is 11.5 Å². The van der Waals surface area contributed by atoms with Gasteiger partial charge in [-0.25, -0.2) is 4.79 Å². The second-order valence-electron chi connectivity index (χ2n) is 7.88. The van der Waals surface area contributed by atoms with Crippen molar-refractivity contribution in [3.8, 4) is 0 Å². The molecule has 2 heterocycles. The fraction of sp³-hybridized carbons (Fsp3) is 0.591. The first-order valence-electron chi connectivity index (χ1n) is 10.9. The van der Waals surface area contributed by atoms with Gasteiger partial charge in [0.15, 0.2) is 6.61 Å². The van der Waals surface area contributed by atoms with Crippen molar-refractivity contribution in [1.29, 1.82) is 0 Å². The fourth-order valence-corrected chi connectivity index (χ4v) is 5.53. The van der Waals surface area contributed by atoms with E-state index in [-0.39, 0.29) is 30.3 Å². The molecule has 1 aliphatic heterocycles. The Hall–Kier alpha value is -2.75. The number of carbonyl (C=O) groups is 5. The summed E-state index contributed by atoms with van der Waals surface area (Å²) in [6, 6.07) is 0. The van der Waals surface area contributed by atoms with Crippen LogP contribution in [0.25, 0.3) is 0 Å². The Kier molecular flexibility index (Phi) is 7.65. The summed E-state index contributed by atoms with van der Waals surface area (Å²) < 4.78 is 10.1. The van der Waals surface area contributed by atoms with Gasteiger partial charge >= 0.3 is 11.9 Å². The van der Waals surface area contributed by atoms with Crippen LogP contribution in [0, 0.1) is 18.8 Å². The number of fused-ring (bicyclic) bond motifs is 1. The summed E-state index contributed by atoms with van der Waals surface area (Å²) in [4.78, 5) is 63.6. The number of thiophene rings is 1. The molecule has 174 valence electrons. The Morgan fingerprint density at radius 3 is 2.25 bits per heavy atom.